The van der Waals surface area contributed by atoms with Crippen LogP contribution in [-0.2, 0) is 11.3 Å². The average Bonchev–Trinajstić information content (AvgIpc) is 2.75. The van der Waals surface area contributed by atoms with E-state index in [1.807, 2.05) is 17.5 Å². The van der Waals surface area contributed by atoms with Gasteiger partial charge in [-0.1, -0.05) is 6.07 Å². The van der Waals surface area contributed by atoms with Crippen LogP contribution in [0.5, 0.6) is 0 Å². The molecule has 0 radical (unpaired) electrons. The molecule has 0 aromatic carbocycles. The van der Waals surface area contributed by atoms with E-state index in [2.05, 4.69) is 0 Å². The van der Waals surface area contributed by atoms with Crippen LogP contribution in [0, 0.1) is 11.1 Å². The number of carboxylic acids is 1. The molecule has 4 nitrogen and oxygen atoms in total. The lowest BCUT2D eigenvalue weighted by Crippen LogP contribution is -2.39. The molecule has 1 fully saturated rings. The minimum absolute atomic E-state index is 0.216. The zero-order chi connectivity index (χ0) is 10.9. The van der Waals surface area contributed by atoms with Gasteiger partial charge in [-0.15, -0.1) is 11.3 Å². The van der Waals surface area contributed by atoms with E-state index in [9.17, 15) is 10.0 Å². The number of quaternary nitrogens is 1. The van der Waals surface area contributed by atoms with Gasteiger partial charge in [-0.25, -0.2) is 0 Å². The van der Waals surface area contributed by atoms with Crippen LogP contribution in [0.1, 0.15) is 11.3 Å². The van der Waals surface area contributed by atoms with Gasteiger partial charge >= 0.3 is 5.97 Å². The van der Waals surface area contributed by atoms with Crippen LogP contribution in [0.15, 0.2) is 17.5 Å². The summed E-state index contributed by atoms with van der Waals surface area (Å²) in [6.07, 6.45) is 0.504. The molecule has 1 aliphatic rings. The molecule has 1 saturated heterocycles. The fraction of sp³-hybridized carbons (Fsp3) is 0.500. The van der Waals surface area contributed by atoms with Gasteiger partial charge in [-0.05, 0) is 11.4 Å². The molecule has 0 bridgehead atoms. The van der Waals surface area contributed by atoms with Crippen molar-refractivity contribution in [1.29, 1.82) is 0 Å². The van der Waals surface area contributed by atoms with Crippen LogP contribution < -0.4 is 0 Å². The lowest BCUT2D eigenvalue weighted by atomic mass is 10.1. The van der Waals surface area contributed by atoms with Gasteiger partial charge in [0.1, 0.15) is 12.5 Å². The summed E-state index contributed by atoms with van der Waals surface area (Å²) in [4.78, 5) is 11.8. The Morgan fingerprint density at radius 1 is 1.73 bits per heavy atom. The number of hydroxylamine groups is 3. The maximum Gasteiger partial charge on any atom is 0.312 e. The van der Waals surface area contributed by atoms with Crippen molar-refractivity contribution in [2.24, 2.45) is 5.92 Å². The molecule has 1 aliphatic heterocycles. The molecule has 1 N–H and O–H groups in total. The summed E-state index contributed by atoms with van der Waals surface area (Å²) in [6.45, 7) is 1.06. The molecule has 0 amide bonds. The Morgan fingerprint density at radius 3 is 3.07 bits per heavy atom. The molecule has 0 saturated carbocycles. The summed E-state index contributed by atoms with van der Waals surface area (Å²) in [5.41, 5.74) is 0. The van der Waals surface area contributed by atoms with Gasteiger partial charge in [-0.3, -0.25) is 4.79 Å². The average molecular weight is 227 g/mol. The van der Waals surface area contributed by atoms with Crippen molar-refractivity contribution < 1.29 is 14.5 Å². The molecule has 0 aliphatic carbocycles. The van der Waals surface area contributed by atoms with Gasteiger partial charge in [0.2, 0.25) is 0 Å². The highest BCUT2D eigenvalue weighted by Gasteiger charge is 2.36. The normalized spacial score (nSPS) is 30.6. The quantitative estimate of drug-likeness (QED) is 0.631. The standard InChI is InChI=1S/C10H13NO3S/c12-10(13)8-3-4-11(14,6-8)7-9-2-1-5-15-9/h1-2,5,8H,3-4,6-7H2,(H,12,13). The minimum atomic E-state index is -0.836. The molecule has 5 heteroatoms. The zero-order valence-electron chi connectivity index (χ0n) is 8.26. The fourth-order valence-electron chi connectivity index (χ4n) is 2.01. The number of hydrogen-bond acceptors (Lipinski definition) is 3. The van der Waals surface area contributed by atoms with Gasteiger partial charge in [0.15, 0.2) is 0 Å². The Kier molecular flexibility index (Phi) is 2.77. The zero-order valence-corrected chi connectivity index (χ0v) is 9.07. The number of nitrogens with zero attached hydrogens (tertiary/aromatic N) is 1. The third-order valence-electron chi connectivity index (χ3n) is 2.81. The van der Waals surface area contributed by atoms with E-state index in [0.717, 1.165) is 4.88 Å². The molecule has 82 valence electrons. The summed E-state index contributed by atoms with van der Waals surface area (Å²) in [6, 6.07) is 3.84. The Hall–Kier alpha value is -0.910. The molecule has 0 spiro atoms. The van der Waals surface area contributed by atoms with E-state index in [-0.39, 0.29) is 11.2 Å². The second-order valence-corrected chi connectivity index (χ2v) is 5.06. The van der Waals surface area contributed by atoms with Crippen molar-refractivity contribution in [3.63, 3.8) is 0 Å². The second-order valence-electron chi connectivity index (χ2n) is 4.03. The number of rotatable bonds is 3. The Bertz CT molecular complexity index is 352. The lowest BCUT2D eigenvalue weighted by molar-refractivity contribution is -0.882. The van der Waals surface area contributed by atoms with Crippen LogP contribution in [0.4, 0.5) is 0 Å². The van der Waals surface area contributed by atoms with Crippen molar-refractivity contribution in [3.05, 3.63) is 27.6 Å². The fourth-order valence-corrected chi connectivity index (χ4v) is 2.81. The Morgan fingerprint density at radius 2 is 2.53 bits per heavy atom. The number of likely N-dealkylation sites (tertiary alicyclic amines) is 1. The third kappa shape index (κ3) is 2.37. The predicted octanol–water partition coefficient (Wildman–Crippen LogP) is 1.67. The highest BCUT2D eigenvalue weighted by atomic mass is 32.1. The minimum Gasteiger partial charge on any atom is -0.633 e. The highest BCUT2D eigenvalue weighted by molar-refractivity contribution is 7.09. The van der Waals surface area contributed by atoms with Gasteiger partial charge in [-0.2, -0.15) is 0 Å². The summed E-state index contributed by atoms with van der Waals surface area (Å²) in [7, 11) is 0. The Balaban J connectivity index is 2.01. The van der Waals surface area contributed by atoms with E-state index in [0.29, 0.717) is 19.5 Å². The van der Waals surface area contributed by atoms with E-state index in [1.54, 1.807) is 11.3 Å². The number of aliphatic carboxylic acids is 1. The Labute approximate surface area is 91.9 Å². The highest BCUT2D eigenvalue weighted by Crippen LogP contribution is 2.27. The topological polar surface area (TPSA) is 60.4 Å². The summed E-state index contributed by atoms with van der Waals surface area (Å²) >= 11 is 1.55. The van der Waals surface area contributed by atoms with Gasteiger partial charge in [0.25, 0.3) is 0 Å². The first-order valence-corrected chi connectivity index (χ1v) is 5.79. The summed E-state index contributed by atoms with van der Waals surface area (Å²) < 4.78 is -0.377. The van der Waals surface area contributed by atoms with Crippen LogP contribution in [0.2, 0.25) is 0 Å². The molecular formula is C10H13NO3S. The second kappa shape index (κ2) is 3.92. The maximum atomic E-state index is 12.2. The predicted molar refractivity (Wildman–Crippen MR) is 57.1 cm³/mol. The molecule has 1 aromatic rings. The first-order chi connectivity index (χ1) is 7.09. The molecule has 2 atom stereocenters. The summed E-state index contributed by atoms with van der Waals surface area (Å²) in [5.74, 6) is -1.29. The van der Waals surface area contributed by atoms with Crippen LogP contribution in [-0.4, -0.2) is 28.8 Å². The monoisotopic (exact) mass is 227 g/mol. The summed E-state index contributed by atoms with van der Waals surface area (Å²) in [5, 5.41) is 22.9. The third-order valence-corrected chi connectivity index (χ3v) is 3.67. The van der Waals surface area contributed by atoms with Crippen molar-refractivity contribution in [2.45, 2.75) is 13.0 Å². The van der Waals surface area contributed by atoms with Crippen LogP contribution in [0.25, 0.3) is 0 Å². The van der Waals surface area contributed by atoms with Crippen molar-refractivity contribution in [2.75, 3.05) is 13.1 Å². The van der Waals surface area contributed by atoms with E-state index in [1.165, 1.54) is 0 Å². The van der Waals surface area contributed by atoms with Crippen LogP contribution in [0.3, 0.4) is 0 Å². The van der Waals surface area contributed by atoms with E-state index in [4.69, 9.17) is 5.11 Å². The van der Waals surface area contributed by atoms with Crippen molar-refractivity contribution >= 4 is 17.3 Å². The number of hydrogen-bond donors (Lipinski definition) is 1. The molecule has 1 aromatic heterocycles. The number of carboxylic acid groups (broad SMARTS) is 1. The smallest absolute Gasteiger partial charge is 0.312 e. The number of thiophene rings is 1. The first kappa shape index (κ1) is 10.6. The maximum absolute atomic E-state index is 12.2. The van der Waals surface area contributed by atoms with Gasteiger partial charge in [0, 0.05) is 6.42 Å². The largest absolute Gasteiger partial charge is 0.633 e. The van der Waals surface area contributed by atoms with Gasteiger partial charge in [0.05, 0.1) is 18.0 Å². The molecule has 15 heavy (non-hydrogen) atoms. The number of carbonyl (C=O) groups is 1. The van der Waals surface area contributed by atoms with E-state index < -0.39 is 11.9 Å². The van der Waals surface area contributed by atoms with Crippen LogP contribution >= 0.6 is 11.3 Å². The van der Waals surface area contributed by atoms with E-state index >= 15 is 0 Å². The van der Waals surface area contributed by atoms with Crippen molar-refractivity contribution in [1.82, 2.24) is 0 Å². The molecule has 2 rings (SSSR count). The molecular weight excluding hydrogens is 214 g/mol. The SMILES string of the molecule is O=C(O)C1CC[N+]([O-])(Cc2cccs2)C1. The molecule has 2 heterocycles. The lowest BCUT2D eigenvalue weighted by Gasteiger charge is -2.38. The molecule has 2 unspecified atom stereocenters. The van der Waals surface area contributed by atoms with Crippen molar-refractivity contribution in [3.8, 4) is 0 Å². The van der Waals surface area contributed by atoms with Gasteiger partial charge < -0.3 is 15.0 Å². The first-order valence-electron chi connectivity index (χ1n) is 4.91.